The normalized spacial score (nSPS) is 8.25. The topological polar surface area (TPSA) is 26.0 Å². The van der Waals surface area contributed by atoms with Crippen molar-refractivity contribution in [1.82, 2.24) is 0 Å². The zero-order valence-corrected chi connectivity index (χ0v) is 8.09. The van der Waals surface area contributed by atoms with Crippen molar-refractivity contribution in [2.45, 2.75) is 20.8 Å². The smallest absolute Gasteiger partial charge is 0.0317 e. The van der Waals surface area contributed by atoms with Crippen LogP contribution in [0.4, 0.5) is 0 Å². The highest BCUT2D eigenvalue weighted by Gasteiger charge is 1.94. The summed E-state index contributed by atoms with van der Waals surface area (Å²) in [6.07, 6.45) is 0. The van der Waals surface area contributed by atoms with Gasteiger partial charge in [0.2, 0.25) is 0 Å². The van der Waals surface area contributed by atoms with E-state index in [1.807, 2.05) is 45.0 Å². The lowest BCUT2D eigenvalue weighted by atomic mass is 10.1. The summed E-state index contributed by atoms with van der Waals surface area (Å²) >= 11 is 0. The average Bonchev–Trinajstić information content (AvgIpc) is 2.08. The van der Waals surface area contributed by atoms with Crippen LogP contribution in [-0.2, 0) is 0 Å². The molecule has 0 heterocycles. The maximum absolute atomic E-state index is 5.52. The molecule has 1 aromatic rings. The zero-order valence-electron chi connectivity index (χ0n) is 8.09. The fourth-order valence-corrected chi connectivity index (χ4v) is 0.933. The molecule has 12 heavy (non-hydrogen) atoms. The van der Waals surface area contributed by atoms with Crippen LogP contribution in [0.3, 0.4) is 0 Å². The molecule has 0 aliphatic carbocycles. The Kier molecular flexibility index (Phi) is 4.86. The van der Waals surface area contributed by atoms with Crippen LogP contribution in [-0.4, -0.2) is 0 Å². The first-order valence-corrected chi connectivity index (χ1v) is 4.22. The fraction of sp³-hybridized carbons (Fsp3) is 0.273. The lowest BCUT2D eigenvalue weighted by Gasteiger charge is -2.01. The van der Waals surface area contributed by atoms with Gasteiger partial charge in [0, 0.05) is 5.70 Å². The second-order valence-corrected chi connectivity index (χ2v) is 2.34. The Morgan fingerprint density at radius 1 is 1.25 bits per heavy atom. The van der Waals surface area contributed by atoms with Gasteiger partial charge >= 0.3 is 0 Å². The van der Waals surface area contributed by atoms with Crippen LogP contribution < -0.4 is 5.73 Å². The summed E-state index contributed by atoms with van der Waals surface area (Å²) in [6.45, 7) is 9.69. The van der Waals surface area contributed by atoms with E-state index >= 15 is 0 Å². The van der Waals surface area contributed by atoms with Crippen LogP contribution in [0.1, 0.15) is 25.0 Å². The van der Waals surface area contributed by atoms with Gasteiger partial charge in [0.15, 0.2) is 0 Å². The minimum atomic E-state index is 0.637. The molecule has 0 aliphatic rings. The van der Waals surface area contributed by atoms with E-state index in [0.29, 0.717) is 5.70 Å². The van der Waals surface area contributed by atoms with Crippen molar-refractivity contribution in [3.05, 3.63) is 42.0 Å². The standard InChI is InChI=1S/C9H11N.C2H6/c1-7-5-3-4-6-9(7)8(2)10;1-2/h3-6H,2,10H2,1H3;1-2H3. The molecule has 1 rings (SSSR count). The molecule has 0 aliphatic heterocycles. The molecule has 0 fully saturated rings. The third-order valence-corrected chi connectivity index (χ3v) is 1.49. The van der Waals surface area contributed by atoms with Crippen molar-refractivity contribution in [2.24, 2.45) is 5.73 Å². The molecule has 0 spiro atoms. The number of benzene rings is 1. The molecule has 0 amide bonds. The van der Waals surface area contributed by atoms with Crippen LogP contribution >= 0.6 is 0 Å². The molecule has 1 heteroatoms. The Hall–Kier alpha value is -1.24. The molecular formula is C11H17N. The van der Waals surface area contributed by atoms with Crippen molar-refractivity contribution >= 4 is 5.70 Å². The van der Waals surface area contributed by atoms with Gasteiger partial charge in [-0.2, -0.15) is 0 Å². The Morgan fingerprint density at radius 3 is 2.08 bits per heavy atom. The lowest BCUT2D eigenvalue weighted by molar-refractivity contribution is 1.40. The summed E-state index contributed by atoms with van der Waals surface area (Å²) in [4.78, 5) is 0. The van der Waals surface area contributed by atoms with E-state index in [1.54, 1.807) is 0 Å². The fourth-order valence-electron chi connectivity index (χ4n) is 0.933. The van der Waals surface area contributed by atoms with E-state index < -0.39 is 0 Å². The summed E-state index contributed by atoms with van der Waals surface area (Å²) in [7, 11) is 0. The molecule has 0 aromatic heterocycles. The van der Waals surface area contributed by atoms with E-state index in [1.165, 1.54) is 5.56 Å². The first kappa shape index (κ1) is 10.8. The van der Waals surface area contributed by atoms with Gasteiger partial charge in [-0.3, -0.25) is 0 Å². The van der Waals surface area contributed by atoms with Crippen molar-refractivity contribution in [1.29, 1.82) is 0 Å². The van der Waals surface area contributed by atoms with Crippen LogP contribution in [0, 0.1) is 6.92 Å². The summed E-state index contributed by atoms with van der Waals surface area (Å²) in [5, 5.41) is 0. The van der Waals surface area contributed by atoms with Crippen molar-refractivity contribution < 1.29 is 0 Å². The second-order valence-electron chi connectivity index (χ2n) is 2.34. The predicted molar refractivity (Wildman–Crippen MR) is 55.7 cm³/mol. The maximum Gasteiger partial charge on any atom is 0.0317 e. The summed E-state index contributed by atoms with van der Waals surface area (Å²) < 4.78 is 0. The number of rotatable bonds is 1. The van der Waals surface area contributed by atoms with Crippen LogP contribution in [0.5, 0.6) is 0 Å². The molecule has 0 unspecified atom stereocenters. The highest BCUT2D eigenvalue weighted by atomic mass is 14.6. The van der Waals surface area contributed by atoms with Gasteiger partial charge in [-0.05, 0) is 18.1 Å². The van der Waals surface area contributed by atoms with Gasteiger partial charge < -0.3 is 5.73 Å². The van der Waals surface area contributed by atoms with Crippen molar-refractivity contribution in [2.75, 3.05) is 0 Å². The van der Waals surface area contributed by atoms with Gasteiger partial charge in [-0.15, -0.1) is 0 Å². The number of nitrogens with two attached hydrogens (primary N) is 1. The van der Waals surface area contributed by atoms with Crippen molar-refractivity contribution in [3.8, 4) is 0 Å². The Bertz CT molecular complexity index is 251. The van der Waals surface area contributed by atoms with E-state index in [4.69, 9.17) is 5.73 Å². The lowest BCUT2D eigenvalue weighted by Crippen LogP contribution is -1.95. The van der Waals surface area contributed by atoms with E-state index in [9.17, 15) is 0 Å². The van der Waals surface area contributed by atoms with Crippen LogP contribution in [0.15, 0.2) is 30.8 Å². The molecular weight excluding hydrogens is 146 g/mol. The Balaban J connectivity index is 0.000000561. The van der Waals surface area contributed by atoms with E-state index in [2.05, 4.69) is 6.58 Å². The quantitative estimate of drug-likeness (QED) is 0.676. The van der Waals surface area contributed by atoms with Crippen molar-refractivity contribution in [3.63, 3.8) is 0 Å². The minimum Gasteiger partial charge on any atom is -0.399 e. The third-order valence-electron chi connectivity index (χ3n) is 1.49. The predicted octanol–water partition coefficient (Wildman–Crippen LogP) is 2.95. The number of hydrogen-bond acceptors (Lipinski definition) is 1. The number of hydrogen-bond donors (Lipinski definition) is 1. The second kappa shape index (κ2) is 5.42. The maximum atomic E-state index is 5.52. The average molecular weight is 163 g/mol. The highest BCUT2D eigenvalue weighted by molar-refractivity contribution is 5.62. The Labute approximate surface area is 74.9 Å². The first-order chi connectivity index (χ1) is 5.72. The molecule has 2 N–H and O–H groups in total. The summed E-state index contributed by atoms with van der Waals surface area (Å²) in [6, 6.07) is 7.94. The van der Waals surface area contributed by atoms with Gasteiger partial charge in [-0.1, -0.05) is 44.7 Å². The molecule has 66 valence electrons. The van der Waals surface area contributed by atoms with Gasteiger partial charge in [0.25, 0.3) is 0 Å². The minimum absolute atomic E-state index is 0.637. The summed E-state index contributed by atoms with van der Waals surface area (Å²) in [5.41, 5.74) is 8.38. The third kappa shape index (κ3) is 2.79. The molecule has 0 radical (unpaired) electrons. The molecule has 0 saturated carbocycles. The summed E-state index contributed by atoms with van der Waals surface area (Å²) in [5.74, 6) is 0. The van der Waals surface area contributed by atoms with Crippen LogP contribution in [0.25, 0.3) is 5.70 Å². The highest BCUT2D eigenvalue weighted by Crippen LogP contribution is 2.11. The van der Waals surface area contributed by atoms with E-state index in [-0.39, 0.29) is 0 Å². The SMILES string of the molecule is C=C(N)c1ccccc1C.CC. The largest absolute Gasteiger partial charge is 0.399 e. The molecule has 0 atom stereocenters. The molecule has 0 bridgehead atoms. The zero-order chi connectivity index (χ0) is 9.56. The van der Waals surface area contributed by atoms with Gasteiger partial charge in [-0.25, -0.2) is 0 Å². The van der Waals surface area contributed by atoms with Gasteiger partial charge in [0.1, 0.15) is 0 Å². The molecule has 1 aromatic carbocycles. The van der Waals surface area contributed by atoms with Crippen LogP contribution in [0.2, 0.25) is 0 Å². The molecule has 0 saturated heterocycles. The van der Waals surface area contributed by atoms with Gasteiger partial charge in [0.05, 0.1) is 0 Å². The monoisotopic (exact) mass is 163 g/mol. The number of aryl methyl sites for hydroxylation is 1. The first-order valence-electron chi connectivity index (χ1n) is 4.22. The molecule has 1 nitrogen and oxygen atoms in total. The van der Waals surface area contributed by atoms with E-state index in [0.717, 1.165) is 5.56 Å². The Morgan fingerprint density at radius 2 is 1.75 bits per heavy atom.